The standard InChI is InChI=1S/C13H23N3O3S2/c1-3-8-21(17,18)11-12(14)15-20-13(11)16(4-2)9-10-6-5-7-19-10/h10H,3-9H2,1-2H3,(H2,14,15). The third-order valence-electron chi connectivity index (χ3n) is 3.56. The van der Waals surface area contributed by atoms with Gasteiger partial charge in [0.25, 0.3) is 0 Å². The molecule has 0 bridgehead atoms. The Morgan fingerprint density at radius 2 is 2.24 bits per heavy atom. The zero-order valence-electron chi connectivity index (χ0n) is 12.5. The predicted octanol–water partition coefficient (Wildman–Crippen LogP) is 1.91. The van der Waals surface area contributed by atoms with E-state index in [1.54, 1.807) is 0 Å². The normalized spacial score (nSPS) is 19.0. The van der Waals surface area contributed by atoms with E-state index in [2.05, 4.69) is 4.37 Å². The molecule has 0 radical (unpaired) electrons. The number of hydrogen-bond donors (Lipinski definition) is 1. The minimum absolute atomic E-state index is 0.0973. The fourth-order valence-corrected chi connectivity index (χ4v) is 5.37. The lowest BCUT2D eigenvalue weighted by atomic mass is 10.2. The highest BCUT2D eigenvalue weighted by Crippen LogP contribution is 2.36. The lowest BCUT2D eigenvalue weighted by molar-refractivity contribution is 0.116. The number of aromatic nitrogens is 1. The third-order valence-corrected chi connectivity index (χ3v) is 6.58. The van der Waals surface area contributed by atoms with Crippen LogP contribution in [0, 0.1) is 0 Å². The molecule has 0 aromatic carbocycles. The van der Waals surface area contributed by atoms with E-state index in [1.807, 2.05) is 18.7 Å². The van der Waals surface area contributed by atoms with Gasteiger partial charge in [-0.25, -0.2) is 8.42 Å². The molecule has 120 valence electrons. The van der Waals surface area contributed by atoms with Crippen molar-refractivity contribution in [2.24, 2.45) is 0 Å². The van der Waals surface area contributed by atoms with Crippen LogP contribution in [0.5, 0.6) is 0 Å². The van der Waals surface area contributed by atoms with Gasteiger partial charge in [-0.2, -0.15) is 4.37 Å². The zero-order valence-corrected chi connectivity index (χ0v) is 14.2. The number of rotatable bonds is 7. The summed E-state index contributed by atoms with van der Waals surface area (Å²) >= 11 is 1.16. The highest BCUT2D eigenvalue weighted by atomic mass is 32.2. The summed E-state index contributed by atoms with van der Waals surface area (Å²) in [6.07, 6.45) is 2.81. The second-order valence-electron chi connectivity index (χ2n) is 5.19. The molecule has 8 heteroatoms. The number of anilines is 2. The Balaban J connectivity index is 2.29. The van der Waals surface area contributed by atoms with E-state index < -0.39 is 9.84 Å². The Kier molecular flexibility index (Phi) is 5.45. The van der Waals surface area contributed by atoms with Crippen LogP contribution in [0.3, 0.4) is 0 Å². The number of ether oxygens (including phenoxy) is 1. The summed E-state index contributed by atoms with van der Waals surface area (Å²) in [5.74, 6) is 0.217. The van der Waals surface area contributed by atoms with Crippen LogP contribution in [-0.2, 0) is 14.6 Å². The van der Waals surface area contributed by atoms with Gasteiger partial charge in [0.15, 0.2) is 15.7 Å². The van der Waals surface area contributed by atoms with Crippen LogP contribution in [0.4, 0.5) is 10.8 Å². The molecule has 6 nitrogen and oxygen atoms in total. The first-order chi connectivity index (χ1) is 9.99. The van der Waals surface area contributed by atoms with Gasteiger partial charge < -0.3 is 15.4 Å². The Morgan fingerprint density at radius 3 is 2.81 bits per heavy atom. The molecule has 1 fully saturated rings. The molecule has 0 aliphatic carbocycles. The number of nitrogens with two attached hydrogens (primary N) is 1. The molecule has 1 saturated heterocycles. The molecule has 1 aromatic rings. The largest absolute Gasteiger partial charge is 0.382 e. The molecule has 2 rings (SSSR count). The number of sulfone groups is 1. The van der Waals surface area contributed by atoms with Crippen molar-refractivity contribution in [1.82, 2.24) is 4.37 Å². The summed E-state index contributed by atoms with van der Waals surface area (Å²) < 4.78 is 34.6. The molecule has 0 amide bonds. The lowest BCUT2D eigenvalue weighted by Gasteiger charge is -2.25. The van der Waals surface area contributed by atoms with Crippen molar-refractivity contribution in [2.45, 2.75) is 44.1 Å². The van der Waals surface area contributed by atoms with Gasteiger partial charge in [0.1, 0.15) is 9.90 Å². The third kappa shape index (κ3) is 3.67. The molecule has 1 atom stereocenters. The number of hydrogen-bond acceptors (Lipinski definition) is 7. The van der Waals surface area contributed by atoms with Gasteiger partial charge >= 0.3 is 0 Å². The summed E-state index contributed by atoms with van der Waals surface area (Å²) in [5, 5.41) is 0.652. The van der Waals surface area contributed by atoms with E-state index in [-0.39, 0.29) is 22.6 Å². The molecular formula is C13H23N3O3S2. The maximum atomic E-state index is 12.4. The first-order valence-corrected chi connectivity index (χ1v) is 9.76. The number of nitrogen functional groups attached to an aromatic ring is 1. The number of likely N-dealkylation sites (N-methyl/N-ethyl adjacent to an activating group) is 1. The summed E-state index contributed by atoms with van der Waals surface area (Å²) in [4.78, 5) is 2.22. The highest BCUT2D eigenvalue weighted by molar-refractivity contribution is 7.91. The molecular weight excluding hydrogens is 310 g/mol. The Labute approximate surface area is 130 Å². The predicted molar refractivity (Wildman–Crippen MR) is 85.7 cm³/mol. The van der Waals surface area contributed by atoms with Gasteiger partial charge in [-0.1, -0.05) is 6.92 Å². The van der Waals surface area contributed by atoms with Crippen LogP contribution in [0.1, 0.15) is 33.1 Å². The van der Waals surface area contributed by atoms with E-state index in [1.165, 1.54) is 0 Å². The van der Waals surface area contributed by atoms with Crippen LogP contribution in [0.25, 0.3) is 0 Å². The van der Waals surface area contributed by atoms with E-state index in [0.717, 1.165) is 31.0 Å². The van der Waals surface area contributed by atoms with E-state index in [4.69, 9.17) is 10.5 Å². The van der Waals surface area contributed by atoms with E-state index >= 15 is 0 Å². The molecule has 1 unspecified atom stereocenters. The van der Waals surface area contributed by atoms with Crippen LogP contribution in [0.15, 0.2) is 4.90 Å². The quantitative estimate of drug-likeness (QED) is 0.820. The van der Waals surface area contributed by atoms with Gasteiger partial charge in [-0.3, -0.25) is 0 Å². The van der Waals surface area contributed by atoms with Gasteiger partial charge in [0.2, 0.25) is 0 Å². The average molecular weight is 333 g/mol. The summed E-state index contributed by atoms with van der Waals surface area (Å²) in [6, 6.07) is 0. The lowest BCUT2D eigenvalue weighted by Crippen LogP contribution is -2.32. The number of nitrogens with zero attached hydrogens (tertiary/aromatic N) is 2. The maximum Gasteiger partial charge on any atom is 0.185 e. The van der Waals surface area contributed by atoms with Crippen molar-refractivity contribution < 1.29 is 13.2 Å². The van der Waals surface area contributed by atoms with Crippen LogP contribution in [0.2, 0.25) is 0 Å². The van der Waals surface area contributed by atoms with Crippen molar-refractivity contribution in [1.29, 1.82) is 0 Å². The minimum Gasteiger partial charge on any atom is -0.382 e. The van der Waals surface area contributed by atoms with Crippen LogP contribution < -0.4 is 10.6 Å². The minimum atomic E-state index is -3.38. The second kappa shape index (κ2) is 6.93. The monoisotopic (exact) mass is 333 g/mol. The first-order valence-electron chi connectivity index (χ1n) is 7.34. The SMILES string of the molecule is CCCS(=O)(=O)c1c(N)nsc1N(CC)CC1CCCO1. The van der Waals surface area contributed by atoms with E-state index in [9.17, 15) is 8.42 Å². The molecule has 2 N–H and O–H groups in total. The fourth-order valence-electron chi connectivity index (χ4n) is 2.54. The topological polar surface area (TPSA) is 85.5 Å². The zero-order chi connectivity index (χ0) is 15.5. The maximum absolute atomic E-state index is 12.4. The summed E-state index contributed by atoms with van der Waals surface area (Å²) in [6.45, 7) is 6.02. The van der Waals surface area contributed by atoms with Crippen LogP contribution in [-0.4, -0.2) is 44.3 Å². The Hall–Kier alpha value is -0.860. The van der Waals surface area contributed by atoms with Crippen molar-refractivity contribution in [3.8, 4) is 0 Å². The molecule has 0 spiro atoms. The van der Waals surface area contributed by atoms with Gasteiger partial charge in [0, 0.05) is 19.7 Å². The highest BCUT2D eigenvalue weighted by Gasteiger charge is 2.29. The Morgan fingerprint density at radius 1 is 1.48 bits per heavy atom. The van der Waals surface area contributed by atoms with Crippen molar-refractivity contribution in [3.63, 3.8) is 0 Å². The fraction of sp³-hybridized carbons (Fsp3) is 0.769. The smallest absolute Gasteiger partial charge is 0.185 e. The summed E-state index contributed by atoms with van der Waals surface area (Å²) in [7, 11) is -3.38. The van der Waals surface area contributed by atoms with Crippen molar-refractivity contribution >= 4 is 32.2 Å². The Bertz CT molecular complexity index is 565. The average Bonchev–Trinajstić information content (AvgIpc) is 3.05. The molecule has 1 aliphatic heterocycles. The molecule has 1 aromatic heterocycles. The summed E-state index contributed by atoms with van der Waals surface area (Å²) in [5.41, 5.74) is 5.82. The molecule has 0 saturated carbocycles. The first kappa shape index (κ1) is 16.5. The van der Waals surface area contributed by atoms with Crippen LogP contribution >= 0.6 is 11.5 Å². The van der Waals surface area contributed by atoms with Crippen molar-refractivity contribution in [2.75, 3.05) is 36.1 Å². The van der Waals surface area contributed by atoms with Gasteiger partial charge in [-0.05, 0) is 37.7 Å². The second-order valence-corrected chi connectivity index (χ2v) is 7.99. The molecule has 21 heavy (non-hydrogen) atoms. The molecule has 2 heterocycles. The van der Waals surface area contributed by atoms with E-state index in [0.29, 0.717) is 24.5 Å². The van der Waals surface area contributed by atoms with Crippen molar-refractivity contribution in [3.05, 3.63) is 0 Å². The van der Waals surface area contributed by atoms with Gasteiger partial charge in [-0.15, -0.1) is 0 Å². The van der Waals surface area contributed by atoms with Gasteiger partial charge in [0.05, 0.1) is 11.9 Å². The molecule has 1 aliphatic rings.